The molecule has 17 heavy (non-hydrogen) atoms. The van der Waals surface area contributed by atoms with Crippen LogP contribution in [0.1, 0.15) is 27.2 Å². The molecule has 0 aliphatic rings. The molecule has 3 nitrogen and oxygen atoms in total. The molecule has 0 bridgehead atoms. The minimum absolute atomic E-state index is 0.477. The number of rotatable bonds is 5. The molecule has 0 amide bonds. The number of nitrogens with zero attached hydrogens (tertiary/aromatic N) is 1. The number of methoxy groups -OCH3 is 1. The molecule has 0 radical (unpaired) electrons. The first-order valence-corrected chi connectivity index (χ1v) is 6.12. The second-order valence-electron chi connectivity index (χ2n) is 5.01. The van der Waals surface area contributed by atoms with Gasteiger partial charge in [-0.15, -0.1) is 0 Å². The van der Waals surface area contributed by atoms with E-state index in [1.165, 1.54) is 0 Å². The summed E-state index contributed by atoms with van der Waals surface area (Å²) in [7, 11) is 3.74. The molecule has 1 rings (SSSR count). The molecule has 0 aliphatic carbocycles. The van der Waals surface area contributed by atoms with Crippen LogP contribution in [0.5, 0.6) is 5.75 Å². The van der Waals surface area contributed by atoms with Crippen LogP contribution in [0.3, 0.4) is 0 Å². The van der Waals surface area contributed by atoms with Gasteiger partial charge in [0.1, 0.15) is 5.75 Å². The molecule has 0 saturated carbocycles. The summed E-state index contributed by atoms with van der Waals surface area (Å²) in [5.74, 6) is 1.49. The van der Waals surface area contributed by atoms with Crippen molar-refractivity contribution in [3.8, 4) is 5.75 Å². The van der Waals surface area contributed by atoms with Crippen molar-refractivity contribution in [3.05, 3.63) is 18.2 Å². The van der Waals surface area contributed by atoms with Gasteiger partial charge in [0.15, 0.2) is 0 Å². The molecule has 96 valence electrons. The van der Waals surface area contributed by atoms with Crippen molar-refractivity contribution in [2.45, 2.75) is 33.2 Å². The van der Waals surface area contributed by atoms with Crippen LogP contribution in [0, 0.1) is 5.92 Å². The average Bonchev–Trinajstić information content (AvgIpc) is 2.27. The molecular formula is C14H24N2O. The van der Waals surface area contributed by atoms with Gasteiger partial charge >= 0.3 is 0 Å². The van der Waals surface area contributed by atoms with E-state index in [0.717, 1.165) is 23.5 Å². The summed E-state index contributed by atoms with van der Waals surface area (Å²) in [5, 5.41) is 0. The third kappa shape index (κ3) is 3.55. The summed E-state index contributed by atoms with van der Waals surface area (Å²) < 4.78 is 5.16. The lowest BCUT2D eigenvalue weighted by Crippen LogP contribution is -2.30. The van der Waals surface area contributed by atoms with Crippen LogP contribution in [0.4, 0.5) is 11.4 Å². The second kappa shape index (κ2) is 5.80. The molecule has 1 aromatic rings. The lowest BCUT2D eigenvalue weighted by atomic mass is 10.0. The van der Waals surface area contributed by atoms with E-state index in [1.54, 1.807) is 7.11 Å². The highest BCUT2D eigenvalue weighted by atomic mass is 16.5. The maximum Gasteiger partial charge on any atom is 0.121 e. The number of nitrogen functional groups attached to an aromatic ring is 1. The Morgan fingerprint density at radius 3 is 2.41 bits per heavy atom. The van der Waals surface area contributed by atoms with E-state index in [-0.39, 0.29) is 0 Å². The Balaban J connectivity index is 2.84. The fourth-order valence-electron chi connectivity index (χ4n) is 2.06. The molecule has 0 fully saturated rings. The zero-order valence-corrected chi connectivity index (χ0v) is 11.5. The zero-order valence-electron chi connectivity index (χ0n) is 11.5. The third-order valence-corrected chi connectivity index (χ3v) is 3.09. The van der Waals surface area contributed by atoms with Crippen LogP contribution in [0.2, 0.25) is 0 Å². The monoisotopic (exact) mass is 236 g/mol. The summed E-state index contributed by atoms with van der Waals surface area (Å²) in [4.78, 5) is 2.23. The van der Waals surface area contributed by atoms with E-state index in [0.29, 0.717) is 12.0 Å². The van der Waals surface area contributed by atoms with Crippen molar-refractivity contribution in [1.82, 2.24) is 0 Å². The number of nitrogens with two attached hydrogens (primary N) is 1. The van der Waals surface area contributed by atoms with Crippen LogP contribution in [-0.2, 0) is 0 Å². The molecule has 0 aromatic heterocycles. The van der Waals surface area contributed by atoms with Gasteiger partial charge in [0.2, 0.25) is 0 Å². The Hall–Kier alpha value is -1.38. The van der Waals surface area contributed by atoms with Gasteiger partial charge in [0.25, 0.3) is 0 Å². The quantitative estimate of drug-likeness (QED) is 0.798. The van der Waals surface area contributed by atoms with Crippen molar-refractivity contribution in [2.75, 3.05) is 24.8 Å². The van der Waals surface area contributed by atoms with Gasteiger partial charge in [-0.25, -0.2) is 0 Å². The Kier molecular flexibility index (Phi) is 4.67. The smallest absolute Gasteiger partial charge is 0.121 e. The van der Waals surface area contributed by atoms with Crippen molar-refractivity contribution in [1.29, 1.82) is 0 Å². The van der Waals surface area contributed by atoms with Crippen LogP contribution in [0.25, 0.3) is 0 Å². The first-order chi connectivity index (χ1) is 7.95. The van der Waals surface area contributed by atoms with Crippen molar-refractivity contribution < 1.29 is 4.74 Å². The van der Waals surface area contributed by atoms with Gasteiger partial charge in [-0.3, -0.25) is 0 Å². The minimum Gasteiger partial charge on any atom is -0.497 e. The predicted octanol–water partition coefficient (Wildman–Crippen LogP) is 3.15. The lowest BCUT2D eigenvalue weighted by Gasteiger charge is -2.29. The fourth-order valence-corrected chi connectivity index (χ4v) is 2.06. The Morgan fingerprint density at radius 2 is 1.94 bits per heavy atom. The number of hydrogen-bond donors (Lipinski definition) is 1. The highest BCUT2D eigenvalue weighted by Crippen LogP contribution is 2.29. The van der Waals surface area contributed by atoms with Gasteiger partial charge in [-0.05, 0) is 31.4 Å². The van der Waals surface area contributed by atoms with E-state index in [2.05, 4.69) is 32.7 Å². The van der Waals surface area contributed by atoms with Crippen molar-refractivity contribution in [2.24, 2.45) is 5.92 Å². The van der Waals surface area contributed by atoms with Crippen LogP contribution in [-0.4, -0.2) is 20.2 Å². The SMILES string of the molecule is COc1ccc(N(C)C(C)CC(C)C)c(N)c1. The highest BCUT2D eigenvalue weighted by molar-refractivity contribution is 5.69. The number of hydrogen-bond acceptors (Lipinski definition) is 3. The van der Waals surface area contributed by atoms with E-state index in [1.807, 2.05) is 18.2 Å². The topological polar surface area (TPSA) is 38.5 Å². The molecule has 1 unspecified atom stereocenters. The van der Waals surface area contributed by atoms with Crippen LogP contribution in [0.15, 0.2) is 18.2 Å². The Bertz CT molecular complexity index is 363. The van der Waals surface area contributed by atoms with Crippen LogP contribution >= 0.6 is 0 Å². The number of ether oxygens (including phenoxy) is 1. The molecule has 1 atom stereocenters. The lowest BCUT2D eigenvalue weighted by molar-refractivity contribution is 0.415. The first-order valence-electron chi connectivity index (χ1n) is 6.12. The van der Waals surface area contributed by atoms with Gasteiger partial charge in [0.05, 0.1) is 18.5 Å². The maximum absolute atomic E-state index is 6.04. The van der Waals surface area contributed by atoms with E-state index in [4.69, 9.17) is 10.5 Å². The summed E-state index contributed by atoms with van der Waals surface area (Å²) >= 11 is 0. The van der Waals surface area contributed by atoms with E-state index in [9.17, 15) is 0 Å². The van der Waals surface area contributed by atoms with E-state index >= 15 is 0 Å². The molecule has 3 heteroatoms. The molecular weight excluding hydrogens is 212 g/mol. The summed E-state index contributed by atoms with van der Waals surface area (Å²) in [6.07, 6.45) is 1.15. The standard InChI is InChI=1S/C14H24N2O/c1-10(2)8-11(3)16(4)14-7-6-12(17-5)9-13(14)15/h6-7,9-11H,8,15H2,1-5H3. The summed E-state index contributed by atoms with van der Waals surface area (Å²) in [6, 6.07) is 6.31. The number of benzene rings is 1. The van der Waals surface area contributed by atoms with Crippen LogP contribution < -0.4 is 15.4 Å². The highest BCUT2D eigenvalue weighted by Gasteiger charge is 2.14. The van der Waals surface area contributed by atoms with Gasteiger partial charge < -0.3 is 15.4 Å². The zero-order chi connectivity index (χ0) is 13.0. The Labute approximate surface area is 105 Å². The molecule has 0 aliphatic heterocycles. The summed E-state index contributed by atoms with van der Waals surface area (Å²) in [6.45, 7) is 6.70. The van der Waals surface area contributed by atoms with Crippen molar-refractivity contribution in [3.63, 3.8) is 0 Å². The average molecular weight is 236 g/mol. The van der Waals surface area contributed by atoms with Gasteiger partial charge in [0, 0.05) is 19.2 Å². The molecule has 1 aromatic carbocycles. The maximum atomic E-state index is 6.04. The molecule has 0 saturated heterocycles. The Morgan fingerprint density at radius 1 is 1.29 bits per heavy atom. The predicted molar refractivity (Wildman–Crippen MR) is 74.7 cm³/mol. The number of anilines is 2. The van der Waals surface area contributed by atoms with E-state index < -0.39 is 0 Å². The van der Waals surface area contributed by atoms with Gasteiger partial charge in [-0.1, -0.05) is 13.8 Å². The van der Waals surface area contributed by atoms with Gasteiger partial charge in [-0.2, -0.15) is 0 Å². The first kappa shape index (κ1) is 13.7. The second-order valence-corrected chi connectivity index (χ2v) is 5.01. The molecule has 0 spiro atoms. The molecule has 2 N–H and O–H groups in total. The minimum atomic E-state index is 0.477. The summed E-state index contributed by atoms with van der Waals surface area (Å²) in [5.41, 5.74) is 7.88. The largest absolute Gasteiger partial charge is 0.497 e. The molecule has 0 heterocycles. The van der Waals surface area contributed by atoms with Crippen molar-refractivity contribution >= 4 is 11.4 Å². The normalized spacial score (nSPS) is 12.6. The fraction of sp³-hybridized carbons (Fsp3) is 0.571. The third-order valence-electron chi connectivity index (χ3n) is 3.09.